The van der Waals surface area contributed by atoms with Crippen LogP contribution in [-0.2, 0) is 9.54 Å². The van der Waals surface area contributed by atoms with Crippen molar-refractivity contribution >= 4 is 50.8 Å². The van der Waals surface area contributed by atoms with E-state index in [-0.39, 0.29) is 19.1 Å². The molecule has 3 aromatic rings. The minimum absolute atomic E-state index is 0.112. The molecule has 130 valence electrons. The van der Waals surface area contributed by atoms with Crippen LogP contribution in [0.15, 0.2) is 47.1 Å². The van der Waals surface area contributed by atoms with E-state index in [0.29, 0.717) is 5.02 Å². The van der Waals surface area contributed by atoms with Crippen molar-refractivity contribution in [1.29, 1.82) is 0 Å². The van der Waals surface area contributed by atoms with Crippen molar-refractivity contribution in [2.75, 3.05) is 13.2 Å². The molecule has 2 heterocycles. The monoisotopic (exact) mass is 393 g/mol. The molecule has 2 aromatic heterocycles. The molecule has 3 rings (SSSR count). The summed E-state index contributed by atoms with van der Waals surface area (Å²) in [4.78, 5) is 21.5. The molecule has 0 aliphatic carbocycles. The van der Waals surface area contributed by atoms with Gasteiger partial charge in [0.15, 0.2) is 4.34 Å². The van der Waals surface area contributed by atoms with Gasteiger partial charge in [-0.2, -0.15) is 0 Å². The molecule has 0 saturated carbocycles. The summed E-state index contributed by atoms with van der Waals surface area (Å²) in [6.07, 6.45) is 3.34. The Balaban J connectivity index is 1.97. The zero-order valence-electron chi connectivity index (χ0n) is 13.4. The number of aliphatic hydroxyl groups excluding tert-OH is 1. The predicted molar refractivity (Wildman–Crippen MR) is 102 cm³/mol. The summed E-state index contributed by atoms with van der Waals surface area (Å²) in [5.41, 5.74) is 1.58. The lowest BCUT2D eigenvalue weighted by molar-refractivity contribution is -0.123. The Morgan fingerprint density at radius 3 is 3.00 bits per heavy atom. The van der Waals surface area contributed by atoms with Gasteiger partial charge < -0.3 is 10.4 Å². The maximum atomic E-state index is 12.8. The zero-order chi connectivity index (χ0) is 17.9. The van der Waals surface area contributed by atoms with Crippen LogP contribution >= 0.6 is 34.7 Å². The van der Waals surface area contributed by atoms with E-state index in [1.807, 2.05) is 31.2 Å². The third-order valence-electron chi connectivity index (χ3n) is 3.66. The van der Waals surface area contributed by atoms with E-state index in [1.165, 1.54) is 23.1 Å². The molecule has 2 N–H and O–H groups in total. The number of fused-ring (bicyclic) bond motifs is 1. The minimum atomic E-state index is -0.916. The predicted octanol–water partition coefficient (Wildman–Crippen LogP) is 3.46. The number of nitrogens with zero attached hydrogens (tertiary/aromatic N) is 2. The molecule has 1 unspecified atom stereocenters. The first-order valence-corrected chi connectivity index (χ1v) is 9.59. The van der Waals surface area contributed by atoms with Crippen LogP contribution < -0.4 is 5.32 Å². The molecule has 8 heteroatoms. The second-order valence-corrected chi connectivity index (χ2v) is 8.58. The molecule has 1 amide bonds. The number of rotatable bonds is 6. The van der Waals surface area contributed by atoms with Crippen molar-refractivity contribution in [2.45, 2.75) is 16.0 Å². The smallest absolute Gasteiger partial charge is 0.241 e. The molecule has 0 saturated heterocycles. The second-order valence-electron chi connectivity index (χ2n) is 5.45. The highest BCUT2D eigenvalue weighted by molar-refractivity contribution is 8.02. The molecule has 25 heavy (non-hydrogen) atoms. The highest BCUT2D eigenvalue weighted by atomic mass is 35.5. The number of benzene rings is 1. The van der Waals surface area contributed by atoms with E-state index in [0.717, 1.165) is 20.1 Å². The summed E-state index contributed by atoms with van der Waals surface area (Å²) in [7, 11) is 0. The average Bonchev–Trinajstić information content (AvgIpc) is 3.01. The van der Waals surface area contributed by atoms with Gasteiger partial charge in [-0.1, -0.05) is 29.4 Å². The van der Waals surface area contributed by atoms with Crippen LogP contribution in [0.4, 0.5) is 0 Å². The highest BCUT2D eigenvalue weighted by Crippen LogP contribution is 2.44. The molecule has 1 atom stereocenters. The number of hydrogen-bond donors (Lipinski definition) is 2. The number of thiazole rings is 1. The highest BCUT2D eigenvalue weighted by Gasteiger charge is 2.37. The largest absolute Gasteiger partial charge is 0.395 e. The Kier molecular flexibility index (Phi) is 5.58. The molecule has 0 bridgehead atoms. The number of aromatic nitrogens is 2. The lowest BCUT2D eigenvalue weighted by atomic mass is 10.0. The number of thioether (sulfide) groups is 1. The number of carbonyl (C=O) groups excluding carboxylic acids is 1. The SMILES string of the molecule is CC(Sc1nc2cc(Cl)ccc2s1)(C(=O)NCCO)c1cccnc1. The van der Waals surface area contributed by atoms with E-state index >= 15 is 0 Å². The fourth-order valence-corrected chi connectivity index (χ4v) is 4.99. The second kappa shape index (κ2) is 7.70. The molecular weight excluding hydrogens is 378 g/mol. The summed E-state index contributed by atoms with van der Waals surface area (Å²) in [6.45, 7) is 1.92. The Bertz CT molecular complexity index is 888. The maximum Gasteiger partial charge on any atom is 0.241 e. The van der Waals surface area contributed by atoms with Gasteiger partial charge in [0.2, 0.25) is 5.91 Å². The fraction of sp³-hybridized carbons (Fsp3) is 0.235. The zero-order valence-corrected chi connectivity index (χ0v) is 15.8. The summed E-state index contributed by atoms with van der Waals surface area (Å²) in [5, 5.41) is 12.4. The summed E-state index contributed by atoms with van der Waals surface area (Å²) < 4.78 is 0.861. The number of halogens is 1. The van der Waals surface area contributed by atoms with Crippen LogP contribution in [0.25, 0.3) is 10.2 Å². The normalized spacial score (nSPS) is 13.6. The van der Waals surface area contributed by atoms with Crippen LogP contribution in [0.2, 0.25) is 5.02 Å². The summed E-state index contributed by atoms with van der Waals surface area (Å²) in [6, 6.07) is 9.22. The Hall–Kier alpha value is -1.67. The van der Waals surface area contributed by atoms with Crippen LogP contribution in [0.5, 0.6) is 0 Å². The number of carbonyl (C=O) groups is 1. The lowest BCUT2D eigenvalue weighted by Crippen LogP contribution is -2.41. The van der Waals surface area contributed by atoms with Gasteiger partial charge in [-0.05, 0) is 36.8 Å². The van der Waals surface area contributed by atoms with Crippen molar-refractivity contribution < 1.29 is 9.90 Å². The third kappa shape index (κ3) is 3.95. The van der Waals surface area contributed by atoms with Crippen molar-refractivity contribution in [2.24, 2.45) is 0 Å². The maximum absolute atomic E-state index is 12.8. The van der Waals surface area contributed by atoms with Crippen LogP contribution in [0.1, 0.15) is 12.5 Å². The van der Waals surface area contributed by atoms with Crippen molar-refractivity contribution in [1.82, 2.24) is 15.3 Å². The van der Waals surface area contributed by atoms with Gasteiger partial charge in [-0.3, -0.25) is 9.78 Å². The molecular formula is C17H16ClN3O2S2. The molecule has 0 spiro atoms. The first-order valence-electron chi connectivity index (χ1n) is 7.58. The molecule has 0 aliphatic rings. The van der Waals surface area contributed by atoms with Crippen molar-refractivity contribution in [3.8, 4) is 0 Å². The molecule has 5 nitrogen and oxygen atoms in total. The van der Waals surface area contributed by atoms with Crippen LogP contribution in [0, 0.1) is 0 Å². The Labute approximate surface area is 158 Å². The number of nitrogens with one attached hydrogen (secondary N) is 1. The van der Waals surface area contributed by atoms with Crippen molar-refractivity contribution in [3.05, 3.63) is 53.3 Å². The number of hydrogen-bond acceptors (Lipinski definition) is 6. The van der Waals surface area contributed by atoms with Crippen molar-refractivity contribution in [3.63, 3.8) is 0 Å². The summed E-state index contributed by atoms with van der Waals surface area (Å²) >= 11 is 8.90. The van der Waals surface area contributed by atoms with E-state index in [1.54, 1.807) is 18.5 Å². The van der Waals surface area contributed by atoms with E-state index < -0.39 is 4.75 Å². The van der Waals surface area contributed by atoms with Gasteiger partial charge in [0.25, 0.3) is 0 Å². The standard InChI is InChI=1S/C17H16ClN3O2S2/c1-17(15(23)20-7-8-22,11-3-2-6-19-10-11)25-16-21-13-9-12(18)4-5-14(13)24-16/h2-6,9-10,22H,7-8H2,1H3,(H,20,23). The first kappa shape index (κ1) is 18.1. The molecule has 0 fully saturated rings. The quantitative estimate of drug-likeness (QED) is 0.627. The number of pyridine rings is 1. The van der Waals surface area contributed by atoms with Gasteiger partial charge in [-0.15, -0.1) is 11.3 Å². The molecule has 0 aliphatic heterocycles. The minimum Gasteiger partial charge on any atom is -0.395 e. The fourth-order valence-electron chi connectivity index (χ4n) is 2.32. The van der Waals surface area contributed by atoms with Gasteiger partial charge >= 0.3 is 0 Å². The molecule has 1 aromatic carbocycles. The van der Waals surface area contributed by atoms with E-state index in [9.17, 15) is 4.79 Å². The van der Waals surface area contributed by atoms with E-state index in [2.05, 4.69) is 15.3 Å². The number of aliphatic hydroxyl groups is 1. The third-order valence-corrected chi connectivity index (χ3v) is 6.33. The summed E-state index contributed by atoms with van der Waals surface area (Å²) in [5.74, 6) is -0.197. The lowest BCUT2D eigenvalue weighted by Gasteiger charge is -2.26. The van der Waals surface area contributed by atoms with Gasteiger partial charge in [-0.25, -0.2) is 4.98 Å². The number of amides is 1. The first-order chi connectivity index (χ1) is 12.0. The van der Waals surface area contributed by atoms with Gasteiger partial charge in [0, 0.05) is 24.0 Å². The van der Waals surface area contributed by atoms with Gasteiger partial charge in [0.1, 0.15) is 4.75 Å². The molecule has 0 radical (unpaired) electrons. The van der Waals surface area contributed by atoms with E-state index in [4.69, 9.17) is 16.7 Å². The Morgan fingerprint density at radius 2 is 2.28 bits per heavy atom. The van der Waals surface area contributed by atoms with Crippen LogP contribution in [-0.4, -0.2) is 34.1 Å². The van der Waals surface area contributed by atoms with Gasteiger partial charge in [0.05, 0.1) is 16.8 Å². The topological polar surface area (TPSA) is 75.1 Å². The average molecular weight is 394 g/mol. The Morgan fingerprint density at radius 1 is 1.44 bits per heavy atom. The van der Waals surface area contributed by atoms with Crippen LogP contribution in [0.3, 0.4) is 0 Å².